The van der Waals surface area contributed by atoms with Crippen LogP contribution in [0, 0.1) is 13.8 Å². The molecule has 7 heteroatoms. The first-order valence-electron chi connectivity index (χ1n) is 5.88. The van der Waals surface area contributed by atoms with E-state index in [1.54, 1.807) is 21.0 Å². The summed E-state index contributed by atoms with van der Waals surface area (Å²) < 4.78 is 0. The maximum atomic E-state index is 11.9. The van der Waals surface area contributed by atoms with Crippen LogP contribution >= 0.6 is 11.3 Å². The molecule has 0 fully saturated rings. The second kappa shape index (κ2) is 6.53. The highest BCUT2D eigenvalue weighted by atomic mass is 32.1. The molecule has 0 bridgehead atoms. The zero-order valence-electron chi connectivity index (χ0n) is 11.5. The van der Waals surface area contributed by atoms with Gasteiger partial charge in [-0.1, -0.05) is 0 Å². The quantitative estimate of drug-likeness (QED) is 0.770. The third-order valence-electron chi connectivity index (χ3n) is 2.86. The van der Waals surface area contributed by atoms with Crippen molar-refractivity contribution >= 4 is 28.3 Å². The minimum absolute atomic E-state index is 0.179. The molecular formula is C12H19N3O3S. The number of aromatic carboxylic acids is 1. The largest absolute Gasteiger partial charge is 0.478 e. The second-order valence-corrected chi connectivity index (χ2v) is 5.47. The normalized spacial score (nSPS) is 10.3. The number of aryl methyl sites for hydroxylation is 1. The van der Waals surface area contributed by atoms with Gasteiger partial charge in [-0.2, -0.15) is 0 Å². The highest BCUT2D eigenvalue weighted by Crippen LogP contribution is 2.32. The molecule has 6 nitrogen and oxygen atoms in total. The van der Waals surface area contributed by atoms with Gasteiger partial charge in [0.2, 0.25) is 0 Å². The van der Waals surface area contributed by atoms with E-state index in [2.05, 4.69) is 10.6 Å². The van der Waals surface area contributed by atoms with E-state index in [1.807, 2.05) is 6.92 Å². The van der Waals surface area contributed by atoms with E-state index in [-0.39, 0.29) is 11.6 Å². The maximum absolute atomic E-state index is 11.9. The summed E-state index contributed by atoms with van der Waals surface area (Å²) in [7, 11) is 3.47. The number of rotatable bonds is 5. The predicted octanol–water partition coefficient (Wildman–Crippen LogP) is 1.75. The van der Waals surface area contributed by atoms with Crippen LogP contribution in [0.5, 0.6) is 0 Å². The Morgan fingerprint density at radius 3 is 2.53 bits per heavy atom. The molecule has 1 heterocycles. The molecule has 0 aliphatic carbocycles. The van der Waals surface area contributed by atoms with E-state index in [9.17, 15) is 14.7 Å². The molecule has 2 amide bonds. The van der Waals surface area contributed by atoms with Gasteiger partial charge in [-0.3, -0.25) is 5.32 Å². The van der Waals surface area contributed by atoms with Crippen molar-refractivity contribution in [3.05, 3.63) is 16.0 Å². The van der Waals surface area contributed by atoms with Crippen molar-refractivity contribution in [3.8, 4) is 0 Å². The molecule has 19 heavy (non-hydrogen) atoms. The van der Waals surface area contributed by atoms with E-state index < -0.39 is 5.97 Å². The molecule has 0 atom stereocenters. The average Bonchev–Trinajstić information content (AvgIpc) is 2.61. The van der Waals surface area contributed by atoms with Crippen LogP contribution in [0.3, 0.4) is 0 Å². The number of urea groups is 1. The summed E-state index contributed by atoms with van der Waals surface area (Å²) in [5, 5.41) is 15.2. The highest BCUT2D eigenvalue weighted by Gasteiger charge is 2.21. The summed E-state index contributed by atoms with van der Waals surface area (Å²) in [6.07, 6.45) is 0. The third-order valence-corrected chi connectivity index (χ3v) is 3.99. The minimum Gasteiger partial charge on any atom is -0.478 e. The smallest absolute Gasteiger partial charge is 0.338 e. The number of amides is 2. The predicted molar refractivity (Wildman–Crippen MR) is 76.3 cm³/mol. The molecule has 0 aliphatic rings. The number of thiophene rings is 1. The number of anilines is 1. The van der Waals surface area contributed by atoms with Gasteiger partial charge in [-0.25, -0.2) is 9.59 Å². The molecule has 0 aliphatic heterocycles. The first-order valence-corrected chi connectivity index (χ1v) is 6.70. The molecule has 1 aromatic heterocycles. The molecule has 1 aromatic rings. The molecule has 1 rings (SSSR count). The maximum Gasteiger partial charge on any atom is 0.338 e. The molecule has 0 radical (unpaired) electrons. The Bertz CT molecular complexity index is 485. The van der Waals surface area contributed by atoms with E-state index in [1.165, 1.54) is 16.2 Å². The lowest BCUT2D eigenvalue weighted by Crippen LogP contribution is -2.36. The van der Waals surface area contributed by atoms with Crippen LogP contribution in [0.1, 0.15) is 20.8 Å². The fourth-order valence-corrected chi connectivity index (χ4v) is 2.59. The van der Waals surface area contributed by atoms with Crippen molar-refractivity contribution in [3.63, 3.8) is 0 Å². The number of carbonyl (C=O) groups is 2. The lowest BCUT2D eigenvalue weighted by atomic mass is 10.1. The van der Waals surface area contributed by atoms with Crippen LogP contribution in [-0.2, 0) is 0 Å². The number of nitrogens with one attached hydrogen (secondary N) is 2. The van der Waals surface area contributed by atoms with Crippen molar-refractivity contribution in [2.75, 3.05) is 32.5 Å². The molecule has 3 N–H and O–H groups in total. The van der Waals surface area contributed by atoms with Gasteiger partial charge >= 0.3 is 12.0 Å². The van der Waals surface area contributed by atoms with Gasteiger partial charge in [-0.05, 0) is 26.5 Å². The summed E-state index contributed by atoms with van der Waals surface area (Å²) >= 11 is 1.28. The molecule has 0 aromatic carbocycles. The first kappa shape index (κ1) is 15.5. The molecule has 0 saturated carbocycles. The lowest BCUT2D eigenvalue weighted by Gasteiger charge is -2.17. The van der Waals surface area contributed by atoms with Crippen LogP contribution in [-0.4, -0.2) is 49.2 Å². The van der Waals surface area contributed by atoms with Gasteiger partial charge in [0.25, 0.3) is 0 Å². The monoisotopic (exact) mass is 285 g/mol. The number of carboxylic acids is 1. The van der Waals surface area contributed by atoms with Crippen LogP contribution in [0.25, 0.3) is 0 Å². The van der Waals surface area contributed by atoms with Crippen LogP contribution in [0.2, 0.25) is 0 Å². The Kier molecular flexibility index (Phi) is 5.31. The summed E-state index contributed by atoms with van der Waals surface area (Å²) in [5.74, 6) is -1.02. The molecule has 106 valence electrons. The lowest BCUT2D eigenvalue weighted by molar-refractivity contribution is 0.0697. The first-order chi connectivity index (χ1) is 8.88. The van der Waals surface area contributed by atoms with E-state index in [4.69, 9.17) is 0 Å². The van der Waals surface area contributed by atoms with Crippen LogP contribution in [0.15, 0.2) is 0 Å². The molecule has 0 saturated heterocycles. The van der Waals surface area contributed by atoms with Crippen LogP contribution < -0.4 is 10.6 Å². The zero-order chi connectivity index (χ0) is 14.6. The minimum atomic E-state index is -1.02. The molecule has 0 unspecified atom stereocenters. The Morgan fingerprint density at radius 2 is 2.00 bits per heavy atom. The number of nitrogens with zero attached hydrogens (tertiary/aromatic N) is 1. The zero-order valence-corrected chi connectivity index (χ0v) is 12.3. The van der Waals surface area contributed by atoms with Gasteiger partial charge in [-0.15, -0.1) is 11.3 Å². The summed E-state index contributed by atoms with van der Waals surface area (Å²) in [4.78, 5) is 25.5. The highest BCUT2D eigenvalue weighted by molar-refractivity contribution is 7.16. The SMILES string of the molecule is CNCCN(C)C(=O)Nc1sc(C)c(C)c1C(=O)O. The Hall–Kier alpha value is -1.60. The Morgan fingerprint density at radius 1 is 1.37 bits per heavy atom. The van der Waals surface area contributed by atoms with Crippen molar-refractivity contribution in [2.45, 2.75) is 13.8 Å². The van der Waals surface area contributed by atoms with Crippen molar-refractivity contribution < 1.29 is 14.7 Å². The summed E-state index contributed by atoms with van der Waals surface area (Å²) in [6, 6.07) is -0.306. The summed E-state index contributed by atoms with van der Waals surface area (Å²) in [6.45, 7) is 4.81. The van der Waals surface area contributed by atoms with E-state index >= 15 is 0 Å². The fraction of sp³-hybridized carbons (Fsp3) is 0.500. The van der Waals surface area contributed by atoms with Gasteiger partial charge < -0.3 is 15.3 Å². The van der Waals surface area contributed by atoms with Crippen LogP contribution in [0.4, 0.5) is 9.80 Å². The third kappa shape index (κ3) is 3.68. The Labute approximate surface area is 116 Å². The topological polar surface area (TPSA) is 81.7 Å². The number of carbonyl (C=O) groups excluding carboxylic acids is 1. The van der Waals surface area contributed by atoms with Crippen molar-refractivity contribution in [1.29, 1.82) is 0 Å². The van der Waals surface area contributed by atoms with Crippen molar-refractivity contribution in [2.24, 2.45) is 0 Å². The van der Waals surface area contributed by atoms with E-state index in [0.717, 1.165) is 4.88 Å². The number of carboxylic acid groups (broad SMARTS) is 1. The summed E-state index contributed by atoms with van der Waals surface area (Å²) in [5.41, 5.74) is 0.878. The van der Waals surface area contributed by atoms with Gasteiger partial charge in [0.15, 0.2) is 0 Å². The number of hydrogen-bond acceptors (Lipinski definition) is 4. The molecule has 0 spiro atoms. The molecular weight excluding hydrogens is 266 g/mol. The van der Waals surface area contributed by atoms with E-state index in [0.29, 0.717) is 23.7 Å². The second-order valence-electron chi connectivity index (χ2n) is 4.25. The van der Waals surface area contributed by atoms with Gasteiger partial charge in [0.05, 0.1) is 5.56 Å². The number of likely N-dealkylation sites (N-methyl/N-ethyl adjacent to an activating group) is 2. The van der Waals surface area contributed by atoms with Crippen molar-refractivity contribution in [1.82, 2.24) is 10.2 Å². The number of hydrogen-bond donors (Lipinski definition) is 3. The van der Waals surface area contributed by atoms with Gasteiger partial charge in [0.1, 0.15) is 5.00 Å². The van der Waals surface area contributed by atoms with Gasteiger partial charge in [0, 0.05) is 25.0 Å². The average molecular weight is 285 g/mol. The fourth-order valence-electron chi connectivity index (χ4n) is 1.55. The standard InChI is InChI=1S/C12H19N3O3S/c1-7-8(2)19-10(9(7)11(16)17)14-12(18)15(4)6-5-13-3/h13H,5-6H2,1-4H3,(H,14,18)(H,16,17). The Balaban J connectivity index is 2.85.